The molecule has 3 heteroatoms. The lowest BCUT2D eigenvalue weighted by Gasteiger charge is -2.46. The van der Waals surface area contributed by atoms with Crippen LogP contribution < -0.4 is 4.90 Å². The van der Waals surface area contributed by atoms with Gasteiger partial charge in [-0.1, -0.05) is 38.0 Å². The van der Waals surface area contributed by atoms with Gasteiger partial charge < -0.3 is 0 Å². The number of aryl methyl sites for hydroxylation is 1. The second-order valence-corrected chi connectivity index (χ2v) is 8.58. The molecular formula is C22H29NO2. The van der Waals surface area contributed by atoms with Crippen LogP contribution >= 0.6 is 0 Å². The second kappa shape index (κ2) is 5.96. The van der Waals surface area contributed by atoms with Gasteiger partial charge in [0.1, 0.15) is 0 Å². The van der Waals surface area contributed by atoms with Gasteiger partial charge in [0.25, 0.3) is 0 Å². The van der Waals surface area contributed by atoms with E-state index < -0.39 is 0 Å². The van der Waals surface area contributed by atoms with Gasteiger partial charge in [0.2, 0.25) is 11.8 Å². The van der Waals surface area contributed by atoms with E-state index in [4.69, 9.17) is 0 Å². The number of fused-ring (bicyclic) bond motifs is 2. The van der Waals surface area contributed by atoms with Crippen molar-refractivity contribution in [3.8, 4) is 0 Å². The molecule has 3 aliphatic rings. The van der Waals surface area contributed by atoms with Crippen LogP contribution in [0.3, 0.4) is 0 Å². The van der Waals surface area contributed by atoms with Gasteiger partial charge in [-0.25, -0.2) is 0 Å². The van der Waals surface area contributed by atoms with E-state index in [-0.39, 0.29) is 23.1 Å². The first-order valence-corrected chi connectivity index (χ1v) is 9.92. The Morgan fingerprint density at radius 2 is 1.88 bits per heavy atom. The number of carbonyl (C=O) groups excluding carboxylic acids is 2. The van der Waals surface area contributed by atoms with Gasteiger partial charge in [0, 0.05) is 6.42 Å². The van der Waals surface area contributed by atoms with Crippen LogP contribution in [0.2, 0.25) is 0 Å². The Bertz CT molecular complexity index is 690. The highest BCUT2D eigenvalue weighted by Crippen LogP contribution is 2.66. The van der Waals surface area contributed by atoms with Crippen LogP contribution in [-0.2, 0) is 9.59 Å². The monoisotopic (exact) mass is 339 g/mol. The average Bonchev–Trinajstić information content (AvgIpc) is 3.25. The van der Waals surface area contributed by atoms with Crippen LogP contribution in [0.4, 0.5) is 5.69 Å². The van der Waals surface area contributed by atoms with Crippen molar-refractivity contribution < 1.29 is 9.59 Å². The first kappa shape index (κ1) is 16.8. The molecule has 3 nitrogen and oxygen atoms in total. The van der Waals surface area contributed by atoms with Crippen LogP contribution in [0, 0.1) is 36.0 Å². The van der Waals surface area contributed by atoms with Crippen molar-refractivity contribution in [2.75, 3.05) is 4.90 Å². The molecule has 4 rings (SSSR count). The minimum atomic E-state index is -0.119. The number of anilines is 1. The fraction of sp³-hybridized carbons (Fsp3) is 0.636. The first-order chi connectivity index (χ1) is 12.0. The van der Waals surface area contributed by atoms with Gasteiger partial charge in [0.15, 0.2) is 0 Å². The molecule has 1 aromatic carbocycles. The normalized spacial score (nSPS) is 37.3. The molecule has 2 saturated carbocycles. The molecule has 134 valence electrons. The van der Waals surface area contributed by atoms with Crippen LogP contribution in [0.15, 0.2) is 24.3 Å². The minimum Gasteiger partial charge on any atom is -0.274 e. The molecule has 5 atom stereocenters. The zero-order chi connectivity index (χ0) is 17.8. The number of hydrogen-bond donors (Lipinski definition) is 0. The molecular weight excluding hydrogens is 310 g/mol. The molecule has 1 saturated heterocycles. The largest absolute Gasteiger partial charge is 0.274 e. The summed E-state index contributed by atoms with van der Waals surface area (Å²) in [6.45, 7) is 6.60. The van der Waals surface area contributed by atoms with E-state index in [1.807, 2.05) is 31.2 Å². The molecule has 0 radical (unpaired) electrons. The standard InChI is InChI=1S/C22H29NO2/c1-4-11-22(15(3)16-7-8-17(22)12-16)19-13-20(24)23(21(19)25)18-9-5-14(2)6-10-18/h5-6,9-10,15-17,19H,4,7-8,11-13H2,1-3H3. The fourth-order valence-corrected chi connectivity index (χ4v) is 6.43. The molecule has 1 aliphatic heterocycles. The van der Waals surface area contributed by atoms with E-state index in [9.17, 15) is 9.59 Å². The molecule has 0 aromatic heterocycles. The number of carbonyl (C=O) groups is 2. The Balaban J connectivity index is 1.70. The summed E-state index contributed by atoms with van der Waals surface area (Å²) in [5.74, 6) is 1.88. The SMILES string of the molecule is CCCC1(C2CC(=O)N(c3ccc(C)cc3)C2=O)C2CCC(C2)C1C. The Kier molecular flexibility index (Phi) is 4.01. The number of nitrogens with zero attached hydrogens (tertiary/aromatic N) is 1. The van der Waals surface area contributed by atoms with E-state index in [1.165, 1.54) is 24.2 Å². The van der Waals surface area contributed by atoms with Crippen molar-refractivity contribution in [3.05, 3.63) is 29.8 Å². The lowest BCUT2D eigenvalue weighted by atomic mass is 9.57. The van der Waals surface area contributed by atoms with Gasteiger partial charge in [-0.05, 0) is 67.9 Å². The third kappa shape index (κ3) is 2.31. The van der Waals surface area contributed by atoms with E-state index in [0.717, 1.165) is 30.0 Å². The summed E-state index contributed by atoms with van der Waals surface area (Å²) in [4.78, 5) is 27.7. The molecule has 1 aromatic rings. The van der Waals surface area contributed by atoms with E-state index in [0.29, 0.717) is 18.3 Å². The van der Waals surface area contributed by atoms with E-state index in [2.05, 4.69) is 13.8 Å². The lowest BCUT2D eigenvalue weighted by molar-refractivity contribution is -0.128. The van der Waals surface area contributed by atoms with Gasteiger partial charge in [-0.3, -0.25) is 14.5 Å². The number of amides is 2. The Labute approximate surface area is 150 Å². The van der Waals surface area contributed by atoms with Crippen LogP contribution in [0.5, 0.6) is 0 Å². The topological polar surface area (TPSA) is 37.4 Å². The maximum atomic E-state index is 13.4. The molecule has 2 amide bonds. The lowest BCUT2D eigenvalue weighted by Crippen LogP contribution is -2.45. The number of hydrogen-bond acceptors (Lipinski definition) is 2. The molecule has 0 spiro atoms. The summed E-state index contributed by atoms with van der Waals surface area (Å²) in [5, 5.41) is 0. The third-order valence-corrected chi connectivity index (χ3v) is 7.56. The fourth-order valence-electron chi connectivity index (χ4n) is 6.43. The van der Waals surface area contributed by atoms with Gasteiger partial charge in [-0.15, -0.1) is 0 Å². The number of rotatable bonds is 4. The van der Waals surface area contributed by atoms with E-state index >= 15 is 0 Å². The summed E-state index contributed by atoms with van der Waals surface area (Å²) in [5.41, 5.74) is 1.93. The molecule has 0 N–H and O–H groups in total. The van der Waals surface area contributed by atoms with Gasteiger partial charge >= 0.3 is 0 Å². The van der Waals surface area contributed by atoms with Crippen molar-refractivity contribution in [2.24, 2.45) is 29.1 Å². The van der Waals surface area contributed by atoms with Crippen molar-refractivity contribution >= 4 is 17.5 Å². The summed E-state index contributed by atoms with van der Waals surface area (Å²) in [6, 6.07) is 7.77. The smallest absolute Gasteiger partial charge is 0.237 e. The molecule has 2 bridgehead atoms. The quantitative estimate of drug-likeness (QED) is 0.744. The Morgan fingerprint density at radius 1 is 1.16 bits per heavy atom. The van der Waals surface area contributed by atoms with Crippen LogP contribution in [-0.4, -0.2) is 11.8 Å². The second-order valence-electron chi connectivity index (χ2n) is 8.58. The highest BCUT2D eigenvalue weighted by molar-refractivity contribution is 6.21. The minimum absolute atomic E-state index is 0.00990. The molecule has 3 fully saturated rings. The third-order valence-electron chi connectivity index (χ3n) is 7.56. The Hall–Kier alpha value is -1.64. The molecule has 1 heterocycles. The maximum Gasteiger partial charge on any atom is 0.237 e. The summed E-state index contributed by atoms with van der Waals surface area (Å²) in [7, 11) is 0. The maximum absolute atomic E-state index is 13.4. The average molecular weight is 339 g/mol. The van der Waals surface area contributed by atoms with Crippen molar-refractivity contribution in [2.45, 2.75) is 59.3 Å². The van der Waals surface area contributed by atoms with Crippen molar-refractivity contribution in [1.82, 2.24) is 0 Å². The molecule has 5 unspecified atom stereocenters. The number of imide groups is 1. The van der Waals surface area contributed by atoms with Gasteiger partial charge in [0.05, 0.1) is 11.6 Å². The zero-order valence-corrected chi connectivity index (χ0v) is 15.6. The molecule has 2 aliphatic carbocycles. The predicted molar refractivity (Wildman–Crippen MR) is 99.1 cm³/mol. The van der Waals surface area contributed by atoms with Crippen LogP contribution in [0.25, 0.3) is 0 Å². The Morgan fingerprint density at radius 3 is 2.48 bits per heavy atom. The van der Waals surface area contributed by atoms with E-state index in [1.54, 1.807) is 0 Å². The summed E-state index contributed by atoms with van der Waals surface area (Å²) in [6.07, 6.45) is 6.41. The highest BCUT2D eigenvalue weighted by atomic mass is 16.2. The number of benzene rings is 1. The van der Waals surface area contributed by atoms with Crippen molar-refractivity contribution in [1.29, 1.82) is 0 Å². The molecule has 25 heavy (non-hydrogen) atoms. The zero-order valence-electron chi connectivity index (χ0n) is 15.6. The predicted octanol–water partition coefficient (Wildman–Crippen LogP) is 4.73. The highest BCUT2D eigenvalue weighted by Gasteiger charge is 2.63. The summed E-state index contributed by atoms with van der Waals surface area (Å²) >= 11 is 0. The summed E-state index contributed by atoms with van der Waals surface area (Å²) < 4.78 is 0. The first-order valence-electron chi connectivity index (χ1n) is 9.92. The van der Waals surface area contributed by atoms with Crippen molar-refractivity contribution in [3.63, 3.8) is 0 Å². The van der Waals surface area contributed by atoms with Gasteiger partial charge in [-0.2, -0.15) is 0 Å². The van der Waals surface area contributed by atoms with Crippen LogP contribution in [0.1, 0.15) is 57.9 Å².